The van der Waals surface area contributed by atoms with Crippen LogP contribution in [0.25, 0.3) is 60.8 Å². The summed E-state index contributed by atoms with van der Waals surface area (Å²) in [5, 5.41) is 7.86. The van der Waals surface area contributed by atoms with Gasteiger partial charge in [-0.1, -0.05) is 84.0 Å². The lowest BCUT2D eigenvalue weighted by Gasteiger charge is -2.08. The summed E-state index contributed by atoms with van der Waals surface area (Å²) in [7, 11) is 0. The highest BCUT2D eigenvalue weighted by molar-refractivity contribution is 6.10. The minimum absolute atomic E-state index is 0.796. The predicted molar refractivity (Wildman–Crippen MR) is 139 cm³/mol. The molecule has 3 heteroatoms. The molecule has 0 aliphatic heterocycles. The fourth-order valence-corrected chi connectivity index (χ4v) is 4.93. The van der Waals surface area contributed by atoms with Gasteiger partial charge in [0.15, 0.2) is 5.58 Å². The van der Waals surface area contributed by atoms with Crippen LogP contribution in [-0.4, -0.2) is 9.72 Å². The highest BCUT2D eigenvalue weighted by Gasteiger charge is 2.15. The Morgan fingerprint density at radius 2 is 1.15 bits per heavy atom. The summed E-state index contributed by atoms with van der Waals surface area (Å²) in [4.78, 5) is 0. The molecule has 0 fully saturated rings. The Kier molecular flexibility index (Phi) is 4.15. The monoisotopic (exact) mass is 436 g/mol. The molecule has 34 heavy (non-hydrogen) atoms. The van der Waals surface area contributed by atoms with Crippen LogP contribution >= 0.6 is 0 Å². The summed E-state index contributed by atoms with van der Waals surface area (Å²) in [5.41, 5.74) is 8.62. The van der Waals surface area contributed by atoms with Crippen LogP contribution in [0, 0.1) is 0 Å². The van der Waals surface area contributed by atoms with Crippen molar-refractivity contribution in [3.05, 3.63) is 121 Å². The maximum Gasteiger partial charge on any atom is 0.167 e. The maximum absolute atomic E-state index is 5.62. The van der Waals surface area contributed by atoms with Crippen molar-refractivity contribution >= 4 is 32.8 Å². The molecule has 2 heterocycles. The van der Waals surface area contributed by atoms with Gasteiger partial charge in [-0.25, -0.2) is 0 Å². The Morgan fingerprint density at radius 1 is 0.500 bits per heavy atom. The van der Waals surface area contributed by atoms with E-state index in [4.69, 9.17) is 4.52 Å². The van der Waals surface area contributed by atoms with E-state index in [1.54, 1.807) is 0 Å². The van der Waals surface area contributed by atoms with Crippen LogP contribution in [0.2, 0.25) is 0 Å². The van der Waals surface area contributed by atoms with Gasteiger partial charge in [-0.2, -0.15) is 0 Å². The first kappa shape index (κ1) is 18.9. The molecule has 0 saturated heterocycles. The van der Waals surface area contributed by atoms with Crippen LogP contribution in [0.3, 0.4) is 0 Å². The summed E-state index contributed by atoms with van der Waals surface area (Å²) >= 11 is 0. The number of hydrogen-bond donors (Lipinski definition) is 0. The molecule has 7 rings (SSSR count). The topological polar surface area (TPSA) is 31.0 Å². The zero-order valence-corrected chi connectivity index (χ0v) is 18.3. The summed E-state index contributed by atoms with van der Waals surface area (Å²) in [6, 6.07) is 42.4. The van der Waals surface area contributed by atoms with E-state index in [9.17, 15) is 0 Å². The molecule has 3 nitrogen and oxygen atoms in total. The Labute approximate surface area is 196 Å². The Hall–Kier alpha value is -4.63. The number of para-hydroxylation sites is 2. The number of hydrogen-bond acceptors (Lipinski definition) is 2. The molecule has 0 N–H and O–H groups in total. The normalized spacial score (nSPS) is 11.5. The highest BCUT2D eigenvalue weighted by Crippen LogP contribution is 2.36. The quantitative estimate of drug-likeness (QED) is 0.279. The van der Waals surface area contributed by atoms with E-state index in [2.05, 4.69) is 107 Å². The lowest BCUT2D eigenvalue weighted by Crippen LogP contribution is -1.92. The van der Waals surface area contributed by atoms with Crippen LogP contribution in [0.1, 0.15) is 0 Å². The maximum atomic E-state index is 5.62. The van der Waals surface area contributed by atoms with E-state index in [1.807, 2.05) is 24.3 Å². The molecule has 2 aromatic heterocycles. The molecule has 0 bridgehead atoms. The molecule has 7 aromatic rings. The molecule has 0 amide bonds. The van der Waals surface area contributed by atoms with Gasteiger partial charge in [0, 0.05) is 22.0 Å². The minimum atomic E-state index is 0.796. The summed E-state index contributed by atoms with van der Waals surface area (Å²) in [6.07, 6.45) is 0. The molecule has 0 aliphatic carbocycles. The number of nitrogens with zero attached hydrogens (tertiary/aromatic N) is 2. The first-order chi connectivity index (χ1) is 16.9. The fourth-order valence-electron chi connectivity index (χ4n) is 4.93. The van der Waals surface area contributed by atoms with E-state index in [0.717, 1.165) is 27.8 Å². The van der Waals surface area contributed by atoms with Crippen molar-refractivity contribution in [2.75, 3.05) is 0 Å². The van der Waals surface area contributed by atoms with Gasteiger partial charge in [-0.3, -0.25) is 0 Å². The standard InChI is InChI=1S/C31H20N2O/c1-3-9-21(10-4-1)31-27-20-23(16-18-30(27)34-32-31)22-15-17-29-26(19-22)25-13-7-8-14-28(25)33(29)24-11-5-2-6-12-24/h1-20H. The molecule has 0 radical (unpaired) electrons. The molecule has 160 valence electrons. The molecule has 0 unspecified atom stereocenters. The third-order valence-corrected chi connectivity index (χ3v) is 6.54. The zero-order valence-electron chi connectivity index (χ0n) is 18.3. The van der Waals surface area contributed by atoms with Crippen molar-refractivity contribution < 1.29 is 4.52 Å². The summed E-state index contributed by atoms with van der Waals surface area (Å²) in [5.74, 6) is 0. The molecule has 0 atom stereocenters. The smallest absolute Gasteiger partial charge is 0.167 e. The van der Waals surface area contributed by atoms with Crippen LogP contribution in [0.5, 0.6) is 0 Å². The van der Waals surface area contributed by atoms with Gasteiger partial charge in [-0.05, 0) is 53.6 Å². The number of rotatable bonds is 3. The Morgan fingerprint density at radius 3 is 1.97 bits per heavy atom. The third-order valence-electron chi connectivity index (χ3n) is 6.54. The van der Waals surface area contributed by atoms with Crippen LogP contribution < -0.4 is 0 Å². The molecule has 0 saturated carbocycles. The second kappa shape index (κ2) is 7.46. The van der Waals surface area contributed by atoms with E-state index >= 15 is 0 Å². The molecular weight excluding hydrogens is 416 g/mol. The fraction of sp³-hybridized carbons (Fsp3) is 0. The second-order valence-corrected chi connectivity index (χ2v) is 8.53. The van der Waals surface area contributed by atoms with Crippen molar-refractivity contribution in [2.24, 2.45) is 0 Å². The Balaban J connectivity index is 1.44. The first-order valence-electron chi connectivity index (χ1n) is 11.4. The highest BCUT2D eigenvalue weighted by atomic mass is 16.5. The van der Waals surface area contributed by atoms with Crippen molar-refractivity contribution in [1.29, 1.82) is 0 Å². The molecular formula is C31H20N2O. The molecule has 0 spiro atoms. The number of benzene rings is 5. The Bertz CT molecular complexity index is 1790. The van der Waals surface area contributed by atoms with Crippen LogP contribution in [0.4, 0.5) is 0 Å². The van der Waals surface area contributed by atoms with E-state index in [1.165, 1.54) is 33.1 Å². The first-order valence-corrected chi connectivity index (χ1v) is 11.4. The SMILES string of the molecule is c1ccc(-c2noc3ccc(-c4ccc5c(c4)c4ccccc4n5-c4ccccc4)cc23)cc1. The van der Waals surface area contributed by atoms with Gasteiger partial charge in [0.25, 0.3) is 0 Å². The second-order valence-electron chi connectivity index (χ2n) is 8.53. The minimum Gasteiger partial charge on any atom is -0.356 e. The summed E-state index contributed by atoms with van der Waals surface area (Å²) < 4.78 is 7.96. The van der Waals surface area contributed by atoms with Crippen molar-refractivity contribution in [2.45, 2.75) is 0 Å². The molecule has 0 aliphatic rings. The lowest BCUT2D eigenvalue weighted by molar-refractivity contribution is 0.459. The average molecular weight is 437 g/mol. The molecule has 5 aromatic carbocycles. The largest absolute Gasteiger partial charge is 0.356 e. The van der Waals surface area contributed by atoms with Gasteiger partial charge < -0.3 is 9.09 Å². The van der Waals surface area contributed by atoms with Gasteiger partial charge in [0.1, 0.15) is 5.69 Å². The van der Waals surface area contributed by atoms with Gasteiger partial charge in [-0.15, -0.1) is 0 Å². The van der Waals surface area contributed by atoms with Crippen LogP contribution in [0.15, 0.2) is 126 Å². The number of aromatic nitrogens is 2. The summed E-state index contributed by atoms with van der Waals surface area (Å²) in [6.45, 7) is 0. The van der Waals surface area contributed by atoms with Gasteiger partial charge in [0.05, 0.1) is 16.4 Å². The average Bonchev–Trinajstić information content (AvgIpc) is 3.48. The van der Waals surface area contributed by atoms with Crippen molar-refractivity contribution in [3.63, 3.8) is 0 Å². The van der Waals surface area contributed by atoms with E-state index in [-0.39, 0.29) is 0 Å². The van der Waals surface area contributed by atoms with Crippen molar-refractivity contribution in [3.8, 4) is 28.1 Å². The van der Waals surface area contributed by atoms with Gasteiger partial charge in [0.2, 0.25) is 0 Å². The lowest BCUT2D eigenvalue weighted by atomic mass is 10.00. The zero-order chi connectivity index (χ0) is 22.5. The predicted octanol–water partition coefficient (Wildman–Crippen LogP) is 8.26. The third kappa shape index (κ3) is 2.87. The number of fused-ring (bicyclic) bond motifs is 4. The van der Waals surface area contributed by atoms with Gasteiger partial charge >= 0.3 is 0 Å². The van der Waals surface area contributed by atoms with E-state index in [0.29, 0.717) is 0 Å². The van der Waals surface area contributed by atoms with E-state index < -0.39 is 0 Å². The van der Waals surface area contributed by atoms with Crippen LogP contribution in [-0.2, 0) is 0 Å². The van der Waals surface area contributed by atoms with Crippen molar-refractivity contribution in [1.82, 2.24) is 9.72 Å².